The van der Waals surface area contributed by atoms with Crippen molar-refractivity contribution in [2.45, 2.75) is 45.8 Å². The zero-order valence-corrected chi connectivity index (χ0v) is 13.2. The van der Waals surface area contributed by atoms with Crippen molar-refractivity contribution in [3.05, 3.63) is 29.8 Å². The van der Waals surface area contributed by atoms with Crippen LogP contribution in [0.2, 0.25) is 0 Å². The van der Waals surface area contributed by atoms with Crippen LogP contribution in [-0.2, 0) is 9.53 Å². The number of rotatable bonds is 6. The third kappa shape index (κ3) is 4.05. The zero-order valence-electron chi connectivity index (χ0n) is 13.2. The summed E-state index contributed by atoms with van der Waals surface area (Å²) in [4.78, 5) is 12.3. The van der Waals surface area contributed by atoms with Gasteiger partial charge in [-0.05, 0) is 44.0 Å². The summed E-state index contributed by atoms with van der Waals surface area (Å²) in [5.74, 6) is 0.0576. The number of amides is 1. The molecule has 2 N–H and O–H groups in total. The first-order valence-electron chi connectivity index (χ1n) is 7.91. The average molecular weight is 290 g/mol. The van der Waals surface area contributed by atoms with Crippen LogP contribution in [0.4, 0.5) is 5.69 Å². The lowest BCUT2D eigenvalue weighted by Crippen LogP contribution is -2.29. The Kier molecular flexibility index (Phi) is 5.76. The van der Waals surface area contributed by atoms with E-state index in [0.29, 0.717) is 12.6 Å². The Hall–Kier alpha value is -1.39. The molecule has 1 aliphatic heterocycles. The van der Waals surface area contributed by atoms with Crippen LogP contribution in [-0.4, -0.2) is 25.2 Å². The Morgan fingerprint density at radius 3 is 2.67 bits per heavy atom. The molecule has 1 amide bonds. The smallest absolute Gasteiger partial charge is 0.230 e. The van der Waals surface area contributed by atoms with Gasteiger partial charge in [-0.2, -0.15) is 0 Å². The van der Waals surface area contributed by atoms with Gasteiger partial charge in [-0.15, -0.1) is 0 Å². The predicted octanol–water partition coefficient (Wildman–Crippen LogP) is 3.11. The van der Waals surface area contributed by atoms with E-state index in [1.165, 1.54) is 5.56 Å². The van der Waals surface area contributed by atoms with Crippen molar-refractivity contribution in [1.82, 2.24) is 5.32 Å². The van der Waals surface area contributed by atoms with Crippen molar-refractivity contribution in [3.8, 4) is 0 Å². The van der Waals surface area contributed by atoms with Crippen LogP contribution in [0.5, 0.6) is 0 Å². The van der Waals surface area contributed by atoms with Crippen molar-refractivity contribution < 1.29 is 9.53 Å². The van der Waals surface area contributed by atoms with E-state index in [4.69, 9.17) is 4.74 Å². The molecule has 1 heterocycles. The average Bonchev–Trinajstić information content (AvgIpc) is 2.97. The summed E-state index contributed by atoms with van der Waals surface area (Å²) in [6.45, 7) is 7.93. The lowest BCUT2D eigenvalue weighted by Gasteiger charge is -2.17. The molecule has 2 rings (SSSR count). The molecule has 0 aliphatic carbocycles. The number of hydrogen-bond donors (Lipinski definition) is 2. The van der Waals surface area contributed by atoms with Gasteiger partial charge in [0.1, 0.15) is 0 Å². The largest absolute Gasteiger partial charge is 0.377 e. The summed E-state index contributed by atoms with van der Waals surface area (Å²) in [5, 5.41) is 6.38. The molecule has 1 aromatic rings. The van der Waals surface area contributed by atoms with Crippen LogP contribution in [0.3, 0.4) is 0 Å². The van der Waals surface area contributed by atoms with Crippen molar-refractivity contribution in [1.29, 1.82) is 0 Å². The Bertz CT molecular complexity index is 458. The van der Waals surface area contributed by atoms with E-state index in [0.717, 1.165) is 25.1 Å². The number of carbonyl (C=O) groups excluding carboxylic acids is 1. The molecular formula is C17H26N2O2. The molecule has 0 radical (unpaired) electrons. The molecule has 1 fully saturated rings. The van der Waals surface area contributed by atoms with E-state index in [-0.39, 0.29) is 17.9 Å². The maximum atomic E-state index is 12.3. The topological polar surface area (TPSA) is 50.4 Å². The molecule has 21 heavy (non-hydrogen) atoms. The Balaban J connectivity index is 1.95. The first-order chi connectivity index (χ1) is 10.2. The summed E-state index contributed by atoms with van der Waals surface area (Å²) in [6, 6.07) is 8.39. The molecule has 0 bridgehead atoms. The minimum Gasteiger partial charge on any atom is -0.377 e. The van der Waals surface area contributed by atoms with Crippen molar-refractivity contribution in [3.63, 3.8) is 0 Å². The SMILES string of the molecule is CCNC(C)c1ccc(NC(=O)C2CCOC2CC)cc1. The maximum Gasteiger partial charge on any atom is 0.230 e. The van der Waals surface area contributed by atoms with Crippen molar-refractivity contribution in [2.75, 3.05) is 18.5 Å². The number of nitrogens with one attached hydrogen (secondary N) is 2. The number of hydrogen-bond acceptors (Lipinski definition) is 3. The molecule has 0 saturated carbocycles. The second-order valence-corrected chi connectivity index (χ2v) is 5.60. The fourth-order valence-corrected chi connectivity index (χ4v) is 2.86. The van der Waals surface area contributed by atoms with E-state index in [1.54, 1.807) is 0 Å². The fourth-order valence-electron chi connectivity index (χ4n) is 2.86. The standard InChI is InChI=1S/C17H26N2O2/c1-4-16-15(10-11-21-16)17(20)19-14-8-6-13(7-9-14)12(3)18-5-2/h6-9,12,15-16,18H,4-5,10-11H2,1-3H3,(H,19,20). The maximum absolute atomic E-state index is 12.3. The quantitative estimate of drug-likeness (QED) is 0.846. The molecule has 0 spiro atoms. The lowest BCUT2D eigenvalue weighted by atomic mass is 9.98. The molecule has 4 heteroatoms. The molecule has 1 aromatic carbocycles. The summed E-state index contributed by atoms with van der Waals surface area (Å²) in [6.07, 6.45) is 1.77. The molecule has 4 nitrogen and oxygen atoms in total. The normalized spacial score (nSPS) is 23.0. The highest BCUT2D eigenvalue weighted by atomic mass is 16.5. The Morgan fingerprint density at radius 2 is 2.05 bits per heavy atom. The first-order valence-corrected chi connectivity index (χ1v) is 7.91. The summed E-state index contributed by atoms with van der Waals surface area (Å²) in [7, 11) is 0. The van der Waals surface area contributed by atoms with Gasteiger partial charge in [0.05, 0.1) is 12.0 Å². The van der Waals surface area contributed by atoms with E-state index in [2.05, 4.69) is 43.5 Å². The highest BCUT2D eigenvalue weighted by molar-refractivity contribution is 5.93. The molecule has 3 atom stereocenters. The Labute approximate surface area is 127 Å². The van der Waals surface area contributed by atoms with Crippen LogP contribution in [0.1, 0.15) is 45.2 Å². The van der Waals surface area contributed by atoms with Crippen LogP contribution >= 0.6 is 0 Å². The molecule has 3 unspecified atom stereocenters. The van der Waals surface area contributed by atoms with Crippen LogP contribution in [0.25, 0.3) is 0 Å². The second kappa shape index (κ2) is 7.57. The molecule has 116 valence electrons. The van der Waals surface area contributed by atoms with Gasteiger partial charge in [-0.3, -0.25) is 4.79 Å². The highest BCUT2D eigenvalue weighted by Gasteiger charge is 2.32. The summed E-state index contributed by atoms with van der Waals surface area (Å²) in [5.41, 5.74) is 2.08. The van der Waals surface area contributed by atoms with Gasteiger partial charge in [0.2, 0.25) is 5.91 Å². The highest BCUT2D eigenvalue weighted by Crippen LogP contribution is 2.25. The van der Waals surface area contributed by atoms with Crippen molar-refractivity contribution in [2.24, 2.45) is 5.92 Å². The third-order valence-electron chi connectivity index (χ3n) is 4.14. The van der Waals surface area contributed by atoms with Crippen molar-refractivity contribution >= 4 is 11.6 Å². The Morgan fingerprint density at radius 1 is 1.33 bits per heavy atom. The van der Waals surface area contributed by atoms with Gasteiger partial charge >= 0.3 is 0 Å². The number of carbonyl (C=O) groups is 1. The molecule has 0 aromatic heterocycles. The van der Waals surface area contributed by atoms with E-state index in [1.807, 2.05) is 12.1 Å². The van der Waals surface area contributed by atoms with Crippen LogP contribution in [0.15, 0.2) is 24.3 Å². The molecular weight excluding hydrogens is 264 g/mol. The summed E-state index contributed by atoms with van der Waals surface area (Å²) < 4.78 is 5.58. The monoisotopic (exact) mass is 290 g/mol. The van der Waals surface area contributed by atoms with Gasteiger partial charge in [0, 0.05) is 18.3 Å². The minimum absolute atomic E-state index is 0.0182. The fraction of sp³-hybridized carbons (Fsp3) is 0.588. The number of benzene rings is 1. The summed E-state index contributed by atoms with van der Waals surface area (Å²) >= 11 is 0. The van der Waals surface area contributed by atoms with Crippen LogP contribution < -0.4 is 10.6 Å². The van der Waals surface area contributed by atoms with Gasteiger partial charge in [0.25, 0.3) is 0 Å². The number of ether oxygens (including phenoxy) is 1. The number of anilines is 1. The van der Waals surface area contributed by atoms with Gasteiger partial charge in [-0.25, -0.2) is 0 Å². The lowest BCUT2D eigenvalue weighted by molar-refractivity contribution is -0.121. The van der Waals surface area contributed by atoms with Gasteiger partial charge < -0.3 is 15.4 Å². The van der Waals surface area contributed by atoms with Gasteiger partial charge in [0.15, 0.2) is 0 Å². The zero-order chi connectivity index (χ0) is 15.2. The third-order valence-corrected chi connectivity index (χ3v) is 4.14. The predicted molar refractivity (Wildman–Crippen MR) is 85.3 cm³/mol. The van der Waals surface area contributed by atoms with Gasteiger partial charge in [-0.1, -0.05) is 26.0 Å². The first kappa shape index (κ1) is 16.0. The second-order valence-electron chi connectivity index (χ2n) is 5.60. The molecule has 1 saturated heterocycles. The van der Waals surface area contributed by atoms with E-state index >= 15 is 0 Å². The van der Waals surface area contributed by atoms with E-state index < -0.39 is 0 Å². The van der Waals surface area contributed by atoms with Crippen LogP contribution in [0, 0.1) is 5.92 Å². The molecule has 1 aliphatic rings. The van der Waals surface area contributed by atoms with E-state index in [9.17, 15) is 4.79 Å². The minimum atomic E-state index is -0.0182.